The van der Waals surface area contributed by atoms with Crippen molar-refractivity contribution in [2.24, 2.45) is 0 Å². The third kappa shape index (κ3) is 3.06. The number of carbonyl (C=O) groups is 2. The van der Waals surface area contributed by atoms with Crippen molar-refractivity contribution >= 4 is 34.8 Å². The average molecular weight is 371 g/mol. The molecular weight excluding hydrogens is 352 g/mol. The molecule has 0 atom stereocenters. The van der Waals surface area contributed by atoms with E-state index < -0.39 is 11.8 Å². The molecule has 134 valence electrons. The summed E-state index contributed by atoms with van der Waals surface area (Å²) >= 11 is 6.20. The smallest absolute Gasteiger partial charge is 0.283 e. The minimum Gasteiger partial charge on any atom is -0.492 e. The molecule has 0 radical (unpaired) electrons. The number of nitrogens with one attached hydrogen (secondary N) is 1. The van der Waals surface area contributed by atoms with Crippen LogP contribution in [0.5, 0.6) is 5.75 Å². The first-order valence-electron chi connectivity index (χ1n) is 8.29. The Morgan fingerprint density at radius 1 is 1.04 bits per heavy atom. The van der Waals surface area contributed by atoms with Crippen LogP contribution in [0.1, 0.15) is 18.1 Å². The van der Waals surface area contributed by atoms with Gasteiger partial charge in [0, 0.05) is 0 Å². The highest BCUT2D eigenvalue weighted by atomic mass is 35.5. The van der Waals surface area contributed by atoms with Crippen molar-refractivity contribution in [3.8, 4) is 5.75 Å². The van der Waals surface area contributed by atoms with E-state index in [-0.39, 0.29) is 10.7 Å². The molecule has 0 bridgehead atoms. The Kier molecular flexibility index (Phi) is 5.00. The third-order valence-electron chi connectivity index (χ3n) is 4.29. The maximum absolute atomic E-state index is 12.9. The SMILES string of the molecule is CCOc1ccccc1NC1=C(Cl)C(=O)N(c2cccc(C)c2C)C1=O. The van der Waals surface area contributed by atoms with Crippen LogP contribution in [0.3, 0.4) is 0 Å². The highest BCUT2D eigenvalue weighted by Gasteiger charge is 2.39. The largest absolute Gasteiger partial charge is 0.492 e. The number of aryl methyl sites for hydroxylation is 1. The number of hydrogen-bond donors (Lipinski definition) is 1. The van der Waals surface area contributed by atoms with Crippen LogP contribution in [-0.4, -0.2) is 18.4 Å². The Morgan fingerprint density at radius 3 is 2.50 bits per heavy atom. The Hall–Kier alpha value is -2.79. The molecule has 0 fully saturated rings. The van der Waals surface area contributed by atoms with E-state index in [1.807, 2.05) is 45.0 Å². The van der Waals surface area contributed by atoms with Crippen molar-refractivity contribution in [3.63, 3.8) is 0 Å². The predicted octanol–water partition coefficient (Wildman–Crippen LogP) is 4.14. The molecule has 6 heteroatoms. The van der Waals surface area contributed by atoms with Gasteiger partial charge in [-0.15, -0.1) is 0 Å². The predicted molar refractivity (Wildman–Crippen MR) is 103 cm³/mol. The van der Waals surface area contributed by atoms with Crippen molar-refractivity contribution in [2.75, 3.05) is 16.8 Å². The van der Waals surface area contributed by atoms with Crippen molar-refractivity contribution in [1.29, 1.82) is 0 Å². The van der Waals surface area contributed by atoms with Gasteiger partial charge in [0.15, 0.2) is 0 Å². The zero-order chi connectivity index (χ0) is 18.8. The summed E-state index contributed by atoms with van der Waals surface area (Å²) < 4.78 is 5.55. The van der Waals surface area contributed by atoms with Crippen molar-refractivity contribution in [3.05, 3.63) is 64.3 Å². The van der Waals surface area contributed by atoms with Crippen molar-refractivity contribution in [1.82, 2.24) is 0 Å². The number of amides is 2. The lowest BCUT2D eigenvalue weighted by atomic mass is 10.1. The normalized spacial score (nSPS) is 14.2. The number of benzene rings is 2. The van der Waals surface area contributed by atoms with Crippen molar-refractivity contribution < 1.29 is 14.3 Å². The first kappa shape index (κ1) is 18.0. The zero-order valence-electron chi connectivity index (χ0n) is 14.8. The lowest BCUT2D eigenvalue weighted by Crippen LogP contribution is -2.33. The molecule has 0 spiro atoms. The zero-order valence-corrected chi connectivity index (χ0v) is 15.6. The Balaban J connectivity index is 1.96. The number of imide groups is 1. The van der Waals surface area contributed by atoms with Gasteiger partial charge < -0.3 is 10.1 Å². The first-order chi connectivity index (χ1) is 12.5. The summed E-state index contributed by atoms with van der Waals surface area (Å²) in [6.45, 7) is 6.15. The molecule has 0 saturated carbocycles. The van der Waals surface area contributed by atoms with E-state index in [9.17, 15) is 9.59 Å². The van der Waals surface area contributed by atoms with Gasteiger partial charge in [-0.2, -0.15) is 0 Å². The number of rotatable bonds is 5. The van der Waals surface area contributed by atoms with Crippen LogP contribution in [0, 0.1) is 13.8 Å². The van der Waals surface area contributed by atoms with Crippen LogP contribution in [0.25, 0.3) is 0 Å². The van der Waals surface area contributed by atoms with Crippen LogP contribution in [0.15, 0.2) is 53.2 Å². The Labute approximate surface area is 157 Å². The molecule has 0 unspecified atom stereocenters. The fourth-order valence-electron chi connectivity index (χ4n) is 2.79. The van der Waals surface area contributed by atoms with E-state index >= 15 is 0 Å². The quantitative estimate of drug-likeness (QED) is 0.804. The first-order valence-corrected chi connectivity index (χ1v) is 8.67. The van der Waals surface area contributed by atoms with E-state index in [2.05, 4.69) is 5.32 Å². The van der Waals surface area contributed by atoms with Gasteiger partial charge in [-0.25, -0.2) is 4.90 Å². The van der Waals surface area contributed by atoms with E-state index in [4.69, 9.17) is 16.3 Å². The van der Waals surface area contributed by atoms with E-state index in [1.54, 1.807) is 18.2 Å². The van der Waals surface area contributed by atoms with Crippen LogP contribution in [0.4, 0.5) is 11.4 Å². The molecule has 0 saturated heterocycles. The molecule has 2 aromatic carbocycles. The standard InChI is InChI=1S/C20H19ClN2O3/c1-4-26-16-11-6-5-9-14(16)22-18-17(21)19(24)23(20(18)25)15-10-7-8-12(2)13(15)3/h5-11,22H,4H2,1-3H3. The van der Waals surface area contributed by atoms with E-state index in [0.29, 0.717) is 23.7 Å². The van der Waals surface area contributed by atoms with E-state index in [1.165, 1.54) is 0 Å². The van der Waals surface area contributed by atoms with Crippen molar-refractivity contribution in [2.45, 2.75) is 20.8 Å². The molecule has 1 heterocycles. The minimum absolute atomic E-state index is 0.0460. The number of nitrogens with zero attached hydrogens (tertiary/aromatic N) is 1. The Bertz CT molecular complexity index is 921. The summed E-state index contributed by atoms with van der Waals surface area (Å²) in [5, 5.41) is 2.83. The summed E-state index contributed by atoms with van der Waals surface area (Å²) in [6.07, 6.45) is 0. The molecule has 0 aliphatic carbocycles. The molecule has 1 aliphatic heterocycles. The lowest BCUT2D eigenvalue weighted by Gasteiger charge is -2.19. The van der Waals surface area contributed by atoms with Gasteiger partial charge in [0.05, 0.1) is 18.0 Å². The van der Waals surface area contributed by atoms with Gasteiger partial charge in [-0.3, -0.25) is 9.59 Å². The molecule has 5 nitrogen and oxygen atoms in total. The summed E-state index contributed by atoms with van der Waals surface area (Å²) in [4.78, 5) is 26.7. The summed E-state index contributed by atoms with van der Waals surface area (Å²) in [6, 6.07) is 12.7. The van der Waals surface area contributed by atoms with Crippen LogP contribution in [0.2, 0.25) is 0 Å². The fourth-order valence-corrected chi connectivity index (χ4v) is 3.01. The Morgan fingerprint density at radius 2 is 1.77 bits per heavy atom. The number of carbonyl (C=O) groups excluding carboxylic acids is 2. The second-order valence-corrected chi connectivity index (χ2v) is 6.29. The summed E-state index contributed by atoms with van der Waals surface area (Å²) in [5.41, 5.74) is 3.00. The lowest BCUT2D eigenvalue weighted by molar-refractivity contribution is -0.120. The van der Waals surface area contributed by atoms with Gasteiger partial charge in [0.25, 0.3) is 11.8 Å². The van der Waals surface area contributed by atoms with Gasteiger partial charge in [0.1, 0.15) is 16.5 Å². The second-order valence-electron chi connectivity index (χ2n) is 5.91. The topological polar surface area (TPSA) is 58.6 Å². The number of para-hydroxylation sites is 2. The number of hydrogen-bond acceptors (Lipinski definition) is 4. The van der Waals surface area contributed by atoms with Crippen LogP contribution < -0.4 is 15.0 Å². The maximum atomic E-state index is 12.9. The van der Waals surface area contributed by atoms with Gasteiger partial charge in [-0.1, -0.05) is 35.9 Å². The van der Waals surface area contributed by atoms with Gasteiger partial charge in [-0.05, 0) is 50.1 Å². The van der Waals surface area contributed by atoms with E-state index in [0.717, 1.165) is 16.0 Å². The highest BCUT2D eigenvalue weighted by molar-refractivity contribution is 6.53. The highest BCUT2D eigenvalue weighted by Crippen LogP contribution is 2.34. The summed E-state index contributed by atoms with van der Waals surface area (Å²) in [5.74, 6) is -0.445. The number of anilines is 2. The monoisotopic (exact) mass is 370 g/mol. The number of ether oxygens (including phenoxy) is 1. The molecule has 3 rings (SSSR count). The van der Waals surface area contributed by atoms with Gasteiger partial charge in [0.2, 0.25) is 0 Å². The molecule has 1 aliphatic rings. The molecule has 1 N–H and O–H groups in total. The maximum Gasteiger partial charge on any atom is 0.283 e. The minimum atomic E-state index is -0.540. The molecular formula is C20H19ClN2O3. The molecule has 2 amide bonds. The molecule has 2 aromatic rings. The van der Waals surface area contributed by atoms with Crippen LogP contribution in [-0.2, 0) is 9.59 Å². The number of halogens is 1. The molecule has 26 heavy (non-hydrogen) atoms. The second kappa shape index (κ2) is 7.22. The molecule has 0 aromatic heterocycles. The fraction of sp³-hybridized carbons (Fsp3) is 0.200. The average Bonchev–Trinajstić information content (AvgIpc) is 2.83. The summed E-state index contributed by atoms with van der Waals surface area (Å²) in [7, 11) is 0. The third-order valence-corrected chi connectivity index (χ3v) is 4.64. The van der Waals surface area contributed by atoms with Crippen LogP contribution >= 0.6 is 11.6 Å². The van der Waals surface area contributed by atoms with Gasteiger partial charge >= 0.3 is 0 Å².